The summed E-state index contributed by atoms with van der Waals surface area (Å²) in [6.45, 7) is 0. The molecule has 0 fully saturated rings. The average Bonchev–Trinajstić information content (AvgIpc) is 2.09. The molecule has 0 heterocycles. The number of amides is 2. The summed E-state index contributed by atoms with van der Waals surface area (Å²) in [5.41, 5.74) is 4.97. The van der Waals surface area contributed by atoms with E-state index in [1.54, 1.807) is 40.6 Å². The van der Waals surface area contributed by atoms with Crippen molar-refractivity contribution in [3.8, 4) is 0 Å². The highest BCUT2D eigenvalue weighted by Crippen LogP contribution is 2.22. The summed E-state index contributed by atoms with van der Waals surface area (Å²) in [5, 5.41) is 0. The van der Waals surface area contributed by atoms with Crippen LogP contribution in [0.5, 0.6) is 0 Å². The van der Waals surface area contributed by atoms with Gasteiger partial charge in [-0.1, -0.05) is 21.6 Å². The van der Waals surface area contributed by atoms with Gasteiger partial charge in [0.05, 0.1) is 0 Å². The molecule has 0 aliphatic heterocycles. The number of nitrogens with two attached hydrogens (primary N) is 1. The Bertz CT molecular complexity index is 198. The van der Waals surface area contributed by atoms with Gasteiger partial charge in [0.2, 0.25) is 11.8 Å². The minimum Gasteiger partial charge on any atom is -0.370 e. The van der Waals surface area contributed by atoms with E-state index >= 15 is 0 Å². The summed E-state index contributed by atoms with van der Waals surface area (Å²) in [7, 11) is 6.67. The maximum Gasteiger partial charge on any atom is 0.222 e. The van der Waals surface area contributed by atoms with Crippen molar-refractivity contribution >= 4 is 33.4 Å². The standard InChI is InChI=1S/C8H16N2O2S2/c1-10(2)8(12)4-6-14-13-5-3-7(9)11/h3-6H2,1-2H3,(H2,9,11). The van der Waals surface area contributed by atoms with Crippen molar-refractivity contribution in [2.45, 2.75) is 12.8 Å². The molecule has 0 radical (unpaired) electrons. The molecule has 2 N–H and O–H groups in total. The maximum absolute atomic E-state index is 11.1. The molecule has 0 spiro atoms. The lowest BCUT2D eigenvalue weighted by Gasteiger charge is -2.08. The van der Waals surface area contributed by atoms with Crippen LogP contribution in [0.3, 0.4) is 0 Å². The lowest BCUT2D eigenvalue weighted by Crippen LogP contribution is -2.21. The number of primary amides is 1. The second-order valence-electron chi connectivity index (χ2n) is 2.90. The topological polar surface area (TPSA) is 63.4 Å². The van der Waals surface area contributed by atoms with Crippen LogP contribution in [0.1, 0.15) is 12.8 Å². The van der Waals surface area contributed by atoms with E-state index in [2.05, 4.69) is 0 Å². The molecular formula is C8H16N2O2S2. The summed E-state index contributed by atoms with van der Waals surface area (Å²) in [4.78, 5) is 23.1. The summed E-state index contributed by atoms with van der Waals surface area (Å²) in [5.74, 6) is 1.35. The van der Waals surface area contributed by atoms with Crippen LogP contribution >= 0.6 is 21.6 Å². The van der Waals surface area contributed by atoms with Crippen LogP contribution in [0, 0.1) is 0 Å². The molecule has 82 valence electrons. The number of carbonyl (C=O) groups is 2. The molecule has 0 rings (SSSR count). The minimum atomic E-state index is -0.275. The van der Waals surface area contributed by atoms with E-state index in [0.29, 0.717) is 12.8 Å². The Morgan fingerprint density at radius 2 is 1.64 bits per heavy atom. The number of carbonyl (C=O) groups excluding carboxylic acids is 2. The van der Waals surface area contributed by atoms with E-state index in [1.165, 1.54) is 0 Å². The molecule has 0 saturated heterocycles. The zero-order chi connectivity index (χ0) is 11.0. The molecule has 6 heteroatoms. The van der Waals surface area contributed by atoms with Gasteiger partial charge in [0.25, 0.3) is 0 Å². The quantitative estimate of drug-likeness (QED) is 0.522. The SMILES string of the molecule is CN(C)C(=O)CCSSCCC(N)=O. The van der Waals surface area contributed by atoms with Crippen LogP contribution in [0.15, 0.2) is 0 Å². The fourth-order valence-electron chi connectivity index (χ4n) is 0.613. The molecule has 0 aliphatic rings. The zero-order valence-electron chi connectivity index (χ0n) is 8.49. The Balaban J connectivity index is 3.22. The van der Waals surface area contributed by atoms with Crippen LogP contribution < -0.4 is 5.73 Å². The highest BCUT2D eigenvalue weighted by atomic mass is 33.1. The number of hydrogen-bond acceptors (Lipinski definition) is 4. The second kappa shape index (κ2) is 7.99. The van der Waals surface area contributed by atoms with Crippen molar-refractivity contribution in [2.24, 2.45) is 5.73 Å². The van der Waals surface area contributed by atoms with E-state index in [9.17, 15) is 9.59 Å². The predicted molar refractivity (Wildman–Crippen MR) is 62.0 cm³/mol. The molecule has 0 atom stereocenters. The monoisotopic (exact) mass is 236 g/mol. The van der Waals surface area contributed by atoms with Crippen molar-refractivity contribution in [3.63, 3.8) is 0 Å². The molecule has 0 bridgehead atoms. The van der Waals surface area contributed by atoms with Crippen molar-refractivity contribution in [1.82, 2.24) is 4.90 Å². The number of nitrogens with zero attached hydrogens (tertiary/aromatic N) is 1. The van der Waals surface area contributed by atoms with Crippen LogP contribution in [-0.4, -0.2) is 42.3 Å². The zero-order valence-corrected chi connectivity index (χ0v) is 10.1. The largest absolute Gasteiger partial charge is 0.370 e. The minimum absolute atomic E-state index is 0.132. The first-order chi connectivity index (χ1) is 6.54. The third-order valence-corrected chi connectivity index (χ3v) is 3.82. The van der Waals surface area contributed by atoms with E-state index < -0.39 is 0 Å². The smallest absolute Gasteiger partial charge is 0.222 e. The third-order valence-electron chi connectivity index (χ3n) is 1.41. The Kier molecular flexibility index (Phi) is 7.78. The van der Waals surface area contributed by atoms with E-state index in [-0.39, 0.29) is 11.8 Å². The fourth-order valence-corrected chi connectivity index (χ4v) is 2.60. The second-order valence-corrected chi connectivity index (χ2v) is 5.60. The van der Waals surface area contributed by atoms with Crippen molar-refractivity contribution in [2.75, 3.05) is 25.6 Å². The van der Waals surface area contributed by atoms with Gasteiger partial charge in [-0.15, -0.1) is 0 Å². The van der Waals surface area contributed by atoms with Crippen molar-refractivity contribution < 1.29 is 9.59 Å². The predicted octanol–water partition coefficient (Wildman–Crippen LogP) is 0.721. The molecule has 2 amide bonds. The van der Waals surface area contributed by atoms with Gasteiger partial charge in [0, 0.05) is 38.4 Å². The maximum atomic E-state index is 11.1. The first-order valence-electron chi connectivity index (χ1n) is 4.27. The number of rotatable bonds is 7. The van der Waals surface area contributed by atoms with Gasteiger partial charge in [0.15, 0.2) is 0 Å². The Morgan fingerprint density at radius 1 is 1.14 bits per heavy atom. The summed E-state index contributed by atoms with van der Waals surface area (Å²) < 4.78 is 0. The molecule has 0 aromatic heterocycles. The molecular weight excluding hydrogens is 220 g/mol. The summed E-state index contributed by atoms with van der Waals surface area (Å²) >= 11 is 0. The Labute approximate surface area is 92.4 Å². The summed E-state index contributed by atoms with van der Waals surface area (Å²) in [6, 6.07) is 0. The molecule has 0 saturated carbocycles. The van der Waals surface area contributed by atoms with Gasteiger partial charge in [-0.3, -0.25) is 9.59 Å². The molecule has 4 nitrogen and oxygen atoms in total. The Hall–Kier alpha value is -0.360. The van der Waals surface area contributed by atoms with Crippen LogP contribution in [0.4, 0.5) is 0 Å². The van der Waals surface area contributed by atoms with E-state index in [0.717, 1.165) is 11.5 Å². The third kappa shape index (κ3) is 8.25. The molecule has 14 heavy (non-hydrogen) atoms. The lowest BCUT2D eigenvalue weighted by molar-refractivity contribution is -0.128. The van der Waals surface area contributed by atoms with E-state index in [4.69, 9.17) is 5.73 Å². The molecule has 0 aromatic rings. The van der Waals surface area contributed by atoms with Gasteiger partial charge in [-0.05, 0) is 0 Å². The lowest BCUT2D eigenvalue weighted by atomic mass is 10.4. The first-order valence-corrected chi connectivity index (χ1v) is 6.75. The van der Waals surface area contributed by atoms with Crippen LogP contribution in [0.25, 0.3) is 0 Å². The van der Waals surface area contributed by atoms with Gasteiger partial charge in [0.1, 0.15) is 0 Å². The summed E-state index contributed by atoms with van der Waals surface area (Å²) in [6.07, 6.45) is 0.945. The van der Waals surface area contributed by atoms with Crippen LogP contribution in [-0.2, 0) is 9.59 Å². The number of hydrogen-bond donors (Lipinski definition) is 1. The van der Waals surface area contributed by atoms with Gasteiger partial charge < -0.3 is 10.6 Å². The average molecular weight is 236 g/mol. The Morgan fingerprint density at radius 3 is 2.07 bits per heavy atom. The molecule has 0 aliphatic carbocycles. The highest BCUT2D eigenvalue weighted by molar-refractivity contribution is 8.76. The van der Waals surface area contributed by atoms with Gasteiger partial charge >= 0.3 is 0 Å². The van der Waals surface area contributed by atoms with Crippen LogP contribution in [0.2, 0.25) is 0 Å². The normalized spacial score (nSPS) is 9.86. The van der Waals surface area contributed by atoms with Gasteiger partial charge in [-0.2, -0.15) is 0 Å². The van der Waals surface area contributed by atoms with Crippen molar-refractivity contribution in [3.05, 3.63) is 0 Å². The van der Waals surface area contributed by atoms with E-state index in [1.807, 2.05) is 0 Å². The van der Waals surface area contributed by atoms with Crippen molar-refractivity contribution in [1.29, 1.82) is 0 Å². The fraction of sp³-hybridized carbons (Fsp3) is 0.750. The first kappa shape index (κ1) is 13.6. The molecule has 0 unspecified atom stereocenters. The highest BCUT2D eigenvalue weighted by Gasteiger charge is 2.03. The molecule has 0 aromatic carbocycles. The van der Waals surface area contributed by atoms with Gasteiger partial charge in [-0.25, -0.2) is 0 Å².